The zero-order chi connectivity index (χ0) is 18.7. The summed E-state index contributed by atoms with van der Waals surface area (Å²) < 4.78 is 12.0. The lowest BCUT2D eigenvalue weighted by molar-refractivity contribution is -0.139. The van der Waals surface area contributed by atoms with Gasteiger partial charge in [-0.15, -0.1) is 0 Å². The van der Waals surface area contributed by atoms with Crippen LogP contribution in [0, 0.1) is 6.92 Å². The number of methoxy groups -OCH3 is 1. The third-order valence-electron chi connectivity index (χ3n) is 4.76. The number of benzene rings is 1. The monoisotopic (exact) mass is 353 g/mol. The summed E-state index contributed by atoms with van der Waals surface area (Å²) in [5.74, 6) is 0.567. The lowest BCUT2D eigenvalue weighted by Gasteiger charge is -2.37. The van der Waals surface area contributed by atoms with E-state index in [2.05, 4.69) is 39.2 Å². The summed E-state index contributed by atoms with van der Waals surface area (Å²) in [5.41, 5.74) is 1.87. The van der Waals surface area contributed by atoms with E-state index in [0.717, 1.165) is 16.9 Å². The second-order valence-electron chi connectivity index (χ2n) is 7.69. The van der Waals surface area contributed by atoms with Gasteiger partial charge >= 0.3 is 5.97 Å². The van der Waals surface area contributed by atoms with Gasteiger partial charge in [0, 0.05) is 0 Å². The van der Waals surface area contributed by atoms with Crippen LogP contribution < -0.4 is 14.5 Å². The zero-order valence-electron chi connectivity index (χ0n) is 16.1. The number of carbonyl (C=O) groups is 1. The molecule has 0 saturated heterocycles. The molecule has 2 N–H and O–H groups in total. The molecule has 1 rings (SSSR count). The number of ether oxygens (including phenoxy) is 1. The molecule has 136 valence electrons. The van der Waals surface area contributed by atoms with Gasteiger partial charge in [-0.25, -0.2) is 0 Å². The van der Waals surface area contributed by atoms with E-state index in [-0.39, 0.29) is 5.04 Å². The number of aliphatic carboxylic acids is 1. The van der Waals surface area contributed by atoms with Crippen LogP contribution in [0.3, 0.4) is 0 Å². The Morgan fingerprint density at radius 1 is 1.33 bits per heavy atom. The summed E-state index contributed by atoms with van der Waals surface area (Å²) in [7, 11) is 1.27. The Morgan fingerprint density at radius 3 is 2.33 bits per heavy atom. The van der Waals surface area contributed by atoms with E-state index in [0.29, 0.717) is 12.2 Å². The molecule has 1 aromatic rings. The van der Waals surface area contributed by atoms with Crippen LogP contribution in [0.2, 0.25) is 18.1 Å². The van der Waals surface area contributed by atoms with Crippen molar-refractivity contribution in [2.45, 2.75) is 58.3 Å². The van der Waals surface area contributed by atoms with Gasteiger partial charge in [0.25, 0.3) is 8.32 Å². The lowest BCUT2D eigenvalue weighted by Crippen LogP contribution is -2.44. The maximum Gasteiger partial charge on any atom is 0.321 e. The molecule has 0 heterocycles. The van der Waals surface area contributed by atoms with Gasteiger partial charge in [-0.3, -0.25) is 4.79 Å². The average Bonchev–Trinajstić information content (AvgIpc) is 2.42. The molecule has 0 unspecified atom stereocenters. The second-order valence-corrected chi connectivity index (χ2v) is 12.4. The van der Waals surface area contributed by atoms with Crippen LogP contribution in [0.5, 0.6) is 11.5 Å². The van der Waals surface area contributed by atoms with Crippen LogP contribution in [0.1, 0.15) is 31.9 Å². The zero-order valence-corrected chi connectivity index (χ0v) is 17.1. The number of carboxylic acid groups (broad SMARTS) is 1. The van der Waals surface area contributed by atoms with E-state index in [1.807, 2.05) is 19.1 Å². The predicted molar refractivity (Wildman–Crippen MR) is 99.7 cm³/mol. The molecule has 0 radical (unpaired) electrons. The molecule has 1 atom stereocenters. The molecular formula is C18H31NO4Si. The second kappa shape index (κ2) is 7.57. The van der Waals surface area contributed by atoms with Crippen LogP contribution in [-0.2, 0) is 11.2 Å². The van der Waals surface area contributed by atoms with E-state index < -0.39 is 20.3 Å². The highest BCUT2D eigenvalue weighted by Crippen LogP contribution is 2.41. The van der Waals surface area contributed by atoms with E-state index in [9.17, 15) is 9.90 Å². The number of nitrogens with one attached hydrogen (secondary N) is 1. The summed E-state index contributed by atoms with van der Waals surface area (Å²) in [6.07, 6.45) is 0.393. The van der Waals surface area contributed by atoms with E-state index in [1.165, 1.54) is 0 Å². The molecular weight excluding hydrogens is 322 g/mol. The Kier molecular flexibility index (Phi) is 6.47. The summed E-state index contributed by atoms with van der Waals surface area (Å²) in [5, 5.41) is 12.1. The molecule has 0 aliphatic carbocycles. The fourth-order valence-electron chi connectivity index (χ4n) is 2.25. The SMILES string of the molecule is CN[C@@H](Cc1cc(C)c(OC)c(O[Si](C)(C)C(C)(C)C)c1)C(=O)O. The van der Waals surface area contributed by atoms with Crippen LogP contribution >= 0.6 is 0 Å². The first-order valence-corrected chi connectivity index (χ1v) is 11.1. The van der Waals surface area contributed by atoms with Gasteiger partial charge in [0.15, 0.2) is 5.75 Å². The van der Waals surface area contributed by atoms with Crippen molar-refractivity contribution in [3.63, 3.8) is 0 Å². The molecule has 0 aliphatic heterocycles. The summed E-state index contributed by atoms with van der Waals surface area (Å²) in [6.45, 7) is 12.9. The maximum absolute atomic E-state index is 11.3. The van der Waals surface area contributed by atoms with Crippen molar-refractivity contribution in [3.8, 4) is 11.5 Å². The topological polar surface area (TPSA) is 67.8 Å². The van der Waals surface area contributed by atoms with Gasteiger partial charge in [-0.2, -0.15) is 0 Å². The van der Waals surface area contributed by atoms with Gasteiger partial charge in [0.1, 0.15) is 11.8 Å². The molecule has 0 aliphatic rings. The fourth-order valence-corrected chi connectivity index (χ4v) is 3.25. The van der Waals surface area contributed by atoms with E-state index >= 15 is 0 Å². The summed E-state index contributed by atoms with van der Waals surface area (Å²) >= 11 is 0. The standard InChI is InChI=1S/C18H31NO4Si/c1-12-9-13(10-14(19-5)17(20)21)11-15(16(12)22-6)23-24(7,8)18(2,3)4/h9,11,14,19H,10H2,1-8H3,(H,20,21)/t14-/m0/s1. The summed E-state index contributed by atoms with van der Waals surface area (Å²) in [6, 6.07) is 3.25. The van der Waals surface area contributed by atoms with Gasteiger partial charge < -0.3 is 19.6 Å². The molecule has 0 aromatic heterocycles. The van der Waals surface area contributed by atoms with Crippen LogP contribution in [-0.4, -0.2) is 39.6 Å². The third kappa shape index (κ3) is 4.74. The molecule has 0 amide bonds. The first-order chi connectivity index (χ1) is 10.9. The minimum Gasteiger partial charge on any atom is -0.541 e. The van der Waals surface area contributed by atoms with Crippen molar-refractivity contribution >= 4 is 14.3 Å². The minimum atomic E-state index is -2.02. The number of hydrogen-bond donors (Lipinski definition) is 2. The summed E-state index contributed by atoms with van der Waals surface area (Å²) in [4.78, 5) is 11.3. The first-order valence-electron chi connectivity index (χ1n) is 8.19. The number of likely N-dealkylation sites (N-methyl/N-ethyl adjacent to an activating group) is 1. The Labute approximate surface area is 146 Å². The number of carboxylic acids is 1. The molecule has 6 heteroatoms. The van der Waals surface area contributed by atoms with E-state index in [4.69, 9.17) is 9.16 Å². The van der Waals surface area contributed by atoms with E-state index in [1.54, 1.807) is 14.2 Å². The normalized spacial score (nSPS) is 13.5. The molecule has 0 bridgehead atoms. The molecule has 0 saturated carbocycles. The molecule has 1 aromatic carbocycles. The Morgan fingerprint density at radius 2 is 1.92 bits per heavy atom. The third-order valence-corrected chi connectivity index (χ3v) is 9.10. The molecule has 0 fully saturated rings. The lowest BCUT2D eigenvalue weighted by atomic mass is 10.0. The first kappa shape index (κ1) is 20.5. The maximum atomic E-state index is 11.3. The smallest absolute Gasteiger partial charge is 0.321 e. The minimum absolute atomic E-state index is 0.0660. The van der Waals surface area contributed by atoms with Crippen LogP contribution in [0.25, 0.3) is 0 Å². The van der Waals surface area contributed by atoms with Crippen molar-refractivity contribution in [2.75, 3.05) is 14.2 Å². The molecule has 0 spiro atoms. The molecule has 5 nitrogen and oxygen atoms in total. The predicted octanol–water partition coefficient (Wildman–Crippen LogP) is 3.60. The van der Waals surface area contributed by atoms with Crippen molar-refractivity contribution in [1.82, 2.24) is 5.32 Å². The quantitative estimate of drug-likeness (QED) is 0.733. The fraction of sp³-hybridized carbons (Fsp3) is 0.611. The molecule has 24 heavy (non-hydrogen) atoms. The van der Waals surface area contributed by atoms with Crippen molar-refractivity contribution in [3.05, 3.63) is 23.3 Å². The van der Waals surface area contributed by atoms with Gasteiger partial charge in [0.2, 0.25) is 0 Å². The van der Waals surface area contributed by atoms with Gasteiger partial charge in [-0.1, -0.05) is 26.8 Å². The Bertz CT molecular complexity index is 593. The largest absolute Gasteiger partial charge is 0.541 e. The number of rotatable bonds is 7. The van der Waals surface area contributed by atoms with Crippen molar-refractivity contribution in [2.24, 2.45) is 0 Å². The van der Waals surface area contributed by atoms with Crippen molar-refractivity contribution in [1.29, 1.82) is 0 Å². The highest BCUT2D eigenvalue weighted by atomic mass is 28.4. The Balaban J connectivity index is 3.26. The van der Waals surface area contributed by atoms with Crippen LogP contribution in [0.4, 0.5) is 0 Å². The van der Waals surface area contributed by atoms with Gasteiger partial charge in [0.05, 0.1) is 7.11 Å². The number of aryl methyl sites for hydroxylation is 1. The van der Waals surface area contributed by atoms with Gasteiger partial charge in [-0.05, 0) is 55.7 Å². The van der Waals surface area contributed by atoms with Crippen molar-refractivity contribution < 1.29 is 19.1 Å². The van der Waals surface area contributed by atoms with Crippen LogP contribution in [0.15, 0.2) is 12.1 Å². The number of hydrogen-bond acceptors (Lipinski definition) is 4. The average molecular weight is 354 g/mol. The highest BCUT2D eigenvalue weighted by Gasteiger charge is 2.39. The highest BCUT2D eigenvalue weighted by molar-refractivity contribution is 6.74. The Hall–Kier alpha value is -1.53.